The largest absolute Gasteiger partial charge is 0.481 e. The van der Waals surface area contributed by atoms with Crippen molar-refractivity contribution in [2.24, 2.45) is 0 Å². The maximum atomic E-state index is 5.24. The molecule has 1 atom stereocenters. The van der Waals surface area contributed by atoms with Crippen molar-refractivity contribution in [3.63, 3.8) is 0 Å². The zero-order valence-corrected chi connectivity index (χ0v) is 15.1. The number of H-pyrrole nitrogens is 1. The lowest BCUT2D eigenvalue weighted by Gasteiger charge is -2.29. The van der Waals surface area contributed by atoms with Gasteiger partial charge in [-0.2, -0.15) is 5.10 Å². The van der Waals surface area contributed by atoms with E-state index in [1.54, 1.807) is 13.4 Å². The Morgan fingerprint density at radius 3 is 2.85 bits per heavy atom. The smallest absolute Gasteiger partial charge is 0.218 e. The summed E-state index contributed by atoms with van der Waals surface area (Å²) < 4.78 is 5.24. The molecule has 0 amide bonds. The van der Waals surface area contributed by atoms with E-state index in [4.69, 9.17) is 9.84 Å². The van der Waals surface area contributed by atoms with E-state index in [1.165, 1.54) is 16.8 Å². The second-order valence-corrected chi connectivity index (χ2v) is 6.53. The number of aromatic nitrogens is 4. The molecule has 0 spiro atoms. The fourth-order valence-corrected chi connectivity index (χ4v) is 3.69. The molecular weight excluding hydrogens is 326 g/mol. The third kappa shape index (κ3) is 3.03. The van der Waals surface area contributed by atoms with E-state index in [1.807, 2.05) is 6.07 Å². The molecular formula is C20H23N5O. The fraction of sp³-hybridized carbons (Fsp3) is 0.350. The predicted molar refractivity (Wildman–Crippen MR) is 101 cm³/mol. The number of nitrogens with zero attached hydrogens (tertiary/aromatic N) is 4. The maximum absolute atomic E-state index is 5.24. The SMILES string of the molecule is CC[C@H](c1ccccc1)c1n[nH]c2c1CN(c1cc(OC)ncn1)CC2. The zero-order valence-electron chi connectivity index (χ0n) is 15.1. The number of ether oxygens (including phenoxy) is 1. The molecule has 2 aromatic heterocycles. The summed E-state index contributed by atoms with van der Waals surface area (Å²) in [7, 11) is 1.63. The topological polar surface area (TPSA) is 66.9 Å². The van der Waals surface area contributed by atoms with Crippen molar-refractivity contribution >= 4 is 5.82 Å². The van der Waals surface area contributed by atoms with Gasteiger partial charge < -0.3 is 9.64 Å². The number of benzene rings is 1. The van der Waals surface area contributed by atoms with Crippen molar-refractivity contribution < 1.29 is 4.74 Å². The fourth-order valence-electron chi connectivity index (χ4n) is 3.69. The second-order valence-electron chi connectivity index (χ2n) is 6.53. The molecule has 1 N–H and O–H groups in total. The average molecular weight is 349 g/mol. The molecule has 26 heavy (non-hydrogen) atoms. The van der Waals surface area contributed by atoms with Crippen LogP contribution in [0.25, 0.3) is 0 Å². The van der Waals surface area contributed by atoms with Crippen LogP contribution >= 0.6 is 0 Å². The van der Waals surface area contributed by atoms with E-state index in [0.717, 1.165) is 37.4 Å². The molecule has 0 aliphatic carbocycles. The summed E-state index contributed by atoms with van der Waals surface area (Å²) in [5, 5.41) is 7.97. The summed E-state index contributed by atoms with van der Waals surface area (Å²) in [6, 6.07) is 12.5. The van der Waals surface area contributed by atoms with Crippen molar-refractivity contribution in [1.29, 1.82) is 0 Å². The standard InChI is InChI=1S/C20H23N5O/c1-3-15(14-7-5-4-6-8-14)20-16-12-25(10-9-17(16)23-24-20)18-11-19(26-2)22-13-21-18/h4-8,11,13,15H,3,9-10,12H2,1-2H3,(H,23,24)/t15-/m1/s1. The Bertz CT molecular complexity index is 877. The molecule has 0 fully saturated rings. The Morgan fingerprint density at radius 1 is 1.23 bits per heavy atom. The molecule has 0 unspecified atom stereocenters. The summed E-state index contributed by atoms with van der Waals surface area (Å²) in [4.78, 5) is 10.8. The van der Waals surface area contributed by atoms with E-state index in [2.05, 4.69) is 57.2 Å². The Balaban J connectivity index is 1.65. The van der Waals surface area contributed by atoms with Crippen molar-refractivity contribution in [1.82, 2.24) is 20.2 Å². The van der Waals surface area contributed by atoms with Gasteiger partial charge in [0.15, 0.2) is 0 Å². The molecule has 1 aliphatic rings. The zero-order chi connectivity index (χ0) is 17.9. The van der Waals surface area contributed by atoms with Crippen molar-refractivity contribution in [2.45, 2.75) is 32.2 Å². The minimum Gasteiger partial charge on any atom is -0.481 e. The number of hydrogen-bond donors (Lipinski definition) is 1. The van der Waals surface area contributed by atoms with Crippen LogP contribution in [0.3, 0.4) is 0 Å². The van der Waals surface area contributed by atoms with Gasteiger partial charge in [0.05, 0.1) is 12.8 Å². The second kappa shape index (κ2) is 7.15. The number of aromatic amines is 1. The molecule has 3 aromatic rings. The van der Waals surface area contributed by atoms with E-state index in [0.29, 0.717) is 11.8 Å². The van der Waals surface area contributed by atoms with Gasteiger partial charge in [-0.3, -0.25) is 5.10 Å². The van der Waals surface area contributed by atoms with Crippen LogP contribution in [0.2, 0.25) is 0 Å². The van der Waals surface area contributed by atoms with Gasteiger partial charge >= 0.3 is 0 Å². The van der Waals surface area contributed by atoms with Gasteiger partial charge in [0, 0.05) is 42.8 Å². The Morgan fingerprint density at radius 2 is 2.08 bits per heavy atom. The summed E-state index contributed by atoms with van der Waals surface area (Å²) in [6.07, 6.45) is 3.50. The summed E-state index contributed by atoms with van der Waals surface area (Å²) >= 11 is 0. The molecule has 0 bridgehead atoms. The highest BCUT2D eigenvalue weighted by atomic mass is 16.5. The van der Waals surface area contributed by atoms with Crippen molar-refractivity contribution in [2.75, 3.05) is 18.6 Å². The lowest BCUT2D eigenvalue weighted by molar-refractivity contribution is 0.396. The van der Waals surface area contributed by atoms with Crippen LogP contribution in [0.4, 0.5) is 5.82 Å². The van der Waals surface area contributed by atoms with Crippen molar-refractivity contribution in [3.05, 3.63) is 65.2 Å². The Kier molecular flexibility index (Phi) is 4.56. The maximum Gasteiger partial charge on any atom is 0.218 e. The summed E-state index contributed by atoms with van der Waals surface area (Å²) in [5.41, 5.74) is 5.00. The van der Waals surface area contributed by atoms with E-state index in [9.17, 15) is 0 Å². The predicted octanol–water partition coefficient (Wildman–Crippen LogP) is 3.31. The lowest BCUT2D eigenvalue weighted by atomic mass is 9.89. The molecule has 0 saturated heterocycles. The molecule has 0 radical (unpaired) electrons. The summed E-state index contributed by atoms with van der Waals surface area (Å²) in [5.74, 6) is 1.78. The number of rotatable bonds is 5. The van der Waals surface area contributed by atoms with Crippen LogP contribution in [0.5, 0.6) is 5.88 Å². The van der Waals surface area contributed by atoms with Crippen LogP contribution in [0, 0.1) is 0 Å². The molecule has 1 aliphatic heterocycles. The molecule has 0 saturated carbocycles. The monoisotopic (exact) mass is 349 g/mol. The Labute approximate surface area is 153 Å². The highest BCUT2D eigenvalue weighted by molar-refractivity contribution is 5.47. The molecule has 4 rings (SSSR count). The first kappa shape index (κ1) is 16.6. The summed E-state index contributed by atoms with van der Waals surface area (Å²) in [6.45, 7) is 3.91. The van der Waals surface area contributed by atoms with Gasteiger partial charge in [0.2, 0.25) is 5.88 Å². The first-order chi connectivity index (χ1) is 12.8. The number of hydrogen-bond acceptors (Lipinski definition) is 5. The third-order valence-electron chi connectivity index (χ3n) is 5.07. The molecule has 3 heterocycles. The van der Waals surface area contributed by atoms with Crippen LogP contribution in [-0.2, 0) is 13.0 Å². The minimum atomic E-state index is 0.302. The third-order valence-corrected chi connectivity index (χ3v) is 5.07. The van der Waals surface area contributed by atoms with E-state index >= 15 is 0 Å². The average Bonchev–Trinajstić information content (AvgIpc) is 3.12. The first-order valence-electron chi connectivity index (χ1n) is 9.02. The first-order valence-corrected chi connectivity index (χ1v) is 9.02. The van der Waals surface area contributed by atoms with Gasteiger partial charge in [-0.05, 0) is 12.0 Å². The number of nitrogens with one attached hydrogen (secondary N) is 1. The van der Waals surface area contributed by atoms with Gasteiger partial charge in [-0.25, -0.2) is 9.97 Å². The number of fused-ring (bicyclic) bond motifs is 1. The lowest BCUT2D eigenvalue weighted by Crippen LogP contribution is -2.31. The van der Waals surface area contributed by atoms with Gasteiger partial charge in [0.1, 0.15) is 12.1 Å². The van der Waals surface area contributed by atoms with Crippen molar-refractivity contribution in [3.8, 4) is 5.88 Å². The van der Waals surface area contributed by atoms with Crippen LogP contribution in [0.15, 0.2) is 42.7 Å². The van der Waals surface area contributed by atoms with Crippen LogP contribution in [-0.4, -0.2) is 33.8 Å². The molecule has 6 nitrogen and oxygen atoms in total. The minimum absolute atomic E-state index is 0.302. The number of methoxy groups -OCH3 is 1. The van der Waals surface area contributed by atoms with Gasteiger partial charge in [0.25, 0.3) is 0 Å². The molecule has 134 valence electrons. The molecule has 6 heteroatoms. The number of anilines is 1. The van der Waals surface area contributed by atoms with E-state index in [-0.39, 0.29) is 0 Å². The Hall–Kier alpha value is -2.89. The van der Waals surface area contributed by atoms with E-state index < -0.39 is 0 Å². The van der Waals surface area contributed by atoms with Gasteiger partial charge in [-0.15, -0.1) is 0 Å². The normalized spacial score (nSPS) is 14.8. The molecule has 1 aromatic carbocycles. The highest BCUT2D eigenvalue weighted by Gasteiger charge is 2.27. The quantitative estimate of drug-likeness (QED) is 0.765. The van der Waals surface area contributed by atoms with Crippen LogP contribution < -0.4 is 9.64 Å². The van der Waals surface area contributed by atoms with Gasteiger partial charge in [-0.1, -0.05) is 37.3 Å². The van der Waals surface area contributed by atoms with Crippen LogP contribution in [0.1, 0.15) is 41.8 Å². The highest BCUT2D eigenvalue weighted by Crippen LogP contribution is 2.33.